The molecule has 0 aliphatic heterocycles. The zero-order valence-corrected chi connectivity index (χ0v) is 22.1. The van der Waals surface area contributed by atoms with Gasteiger partial charge in [0.1, 0.15) is 11.8 Å². The maximum Gasteiger partial charge on any atom is 0.334 e. The highest BCUT2D eigenvalue weighted by atomic mass is 127. The maximum atomic E-state index is 13.1. The first-order valence-electron chi connectivity index (χ1n) is 11.2. The average Bonchev–Trinajstić information content (AvgIpc) is 3.28. The Hall–Kier alpha value is -2.68. The standard InChI is InChI=1S/C26H25BIN3O3P/c28-27-35-20-12-10-19(11-13-20)34-26(33)24(14-17-6-2-1-3-7-17)31-25(32)22(29)15-18-16-30-23-9-5-4-8-21(18)23/h1-13,16,22,24,30,35H,14-15,29H2,(H,31,32)/t22-,24-/m0/s1. The van der Waals surface area contributed by atoms with E-state index in [-0.39, 0.29) is 0 Å². The largest absolute Gasteiger partial charge is 0.425 e. The molecule has 35 heavy (non-hydrogen) atoms. The van der Waals surface area contributed by atoms with Crippen molar-refractivity contribution in [2.75, 3.05) is 0 Å². The van der Waals surface area contributed by atoms with Crippen LogP contribution in [0.15, 0.2) is 85.1 Å². The van der Waals surface area contributed by atoms with Crippen LogP contribution in [0.4, 0.5) is 0 Å². The number of benzene rings is 3. The molecule has 1 heterocycles. The molecule has 1 unspecified atom stereocenters. The van der Waals surface area contributed by atoms with E-state index in [0.29, 0.717) is 27.1 Å². The number of H-pyrrole nitrogens is 1. The van der Waals surface area contributed by atoms with Crippen molar-refractivity contribution in [2.45, 2.75) is 24.9 Å². The van der Waals surface area contributed by atoms with Crippen molar-refractivity contribution in [1.29, 1.82) is 0 Å². The topological polar surface area (TPSA) is 97.2 Å². The molecule has 4 N–H and O–H groups in total. The number of aromatic nitrogens is 1. The molecule has 9 heteroatoms. The Labute approximate surface area is 220 Å². The summed E-state index contributed by atoms with van der Waals surface area (Å²) in [6, 6.07) is 23.1. The van der Waals surface area contributed by atoms with Crippen molar-refractivity contribution >= 4 is 63.8 Å². The second kappa shape index (κ2) is 12.3. The first-order chi connectivity index (χ1) is 17.0. The second-order valence-corrected chi connectivity index (χ2v) is 11.1. The van der Waals surface area contributed by atoms with E-state index >= 15 is 0 Å². The molecule has 0 fully saturated rings. The number of amides is 1. The van der Waals surface area contributed by atoms with Gasteiger partial charge in [-0.3, -0.25) is 4.79 Å². The summed E-state index contributed by atoms with van der Waals surface area (Å²) in [5.74, 6) is -0.494. The van der Waals surface area contributed by atoms with Crippen LogP contribution in [-0.4, -0.2) is 33.8 Å². The predicted molar refractivity (Wildman–Crippen MR) is 152 cm³/mol. The van der Waals surface area contributed by atoms with Gasteiger partial charge in [0.05, 0.1) is 6.04 Å². The Morgan fingerprint density at radius 3 is 2.46 bits per heavy atom. The summed E-state index contributed by atoms with van der Waals surface area (Å²) in [7, 11) is 0.581. The number of aromatic amines is 1. The fraction of sp³-hybridized carbons (Fsp3) is 0.154. The number of nitrogens with two attached hydrogens (primary N) is 1. The summed E-state index contributed by atoms with van der Waals surface area (Å²) in [6.45, 7) is 0. The highest BCUT2D eigenvalue weighted by Crippen LogP contribution is 2.19. The Balaban J connectivity index is 1.46. The number of nitrogens with one attached hydrogen (secondary N) is 2. The molecule has 6 nitrogen and oxygen atoms in total. The zero-order valence-electron chi connectivity index (χ0n) is 18.9. The van der Waals surface area contributed by atoms with E-state index in [1.54, 1.807) is 12.1 Å². The third-order valence-corrected chi connectivity index (χ3v) is 7.34. The molecule has 0 aliphatic rings. The molecule has 1 aromatic heterocycles. The lowest BCUT2D eigenvalue weighted by Gasteiger charge is -2.20. The zero-order chi connectivity index (χ0) is 24.6. The van der Waals surface area contributed by atoms with Crippen LogP contribution in [0.2, 0.25) is 0 Å². The number of rotatable bonds is 10. The maximum absolute atomic E-state index is 13.1. The smallest absolute Gasteiger partial charge is 0.334 e. The minimum atomic E-state index is -0.872. The fourth-order valence-corrected chi connectivity index (χ4v) is 5.39. The van der Waals surface area contributed by atoms with Crippen LogP contribution < -0.4 is 21.1 Å². The third-order valence-electron chi connectivity index (χ3n) is 5.63. The van der Waals surface area contributed by atoms with Crippen LogP contribution in [0.5, 0.6) is 5.75 Å². The van der Waals surface area contributed by atoms with Crippen LogP contribution in [0, 0.1) is 0 Å². The number of fused-ring (bicyclic) bond motifs is 1. The van der Waals surface area contributed by atoms with Crippen molar-refractivity contribution in [2.24, 2.45) is 5.73 Å². The molecule has 0 saturated heterocycles. The molecule has 0 spiro atoms. The van der Waals surface area contributed by atoms with Crippen molar-refractivity contribution in [1.82, 2.24) is 10.3 Å². The summed E-state index contributed by atoms with van der Waals surface area (Å²) < 4.78 is 5.62. The van der Waals surface area contributed by atoms with Gasteiger partial charge in [0.2, 0.25) is 10.8 Å². The lowest BCUT2D eigenvalue weighted by Crippen LogP contribution is -2.51. The Kier molecular flexibility index (Phi) is 8.96. The number of ether oxygens (including phenoxy) is 1. The molecule has 4 rings (SSSR count). The highest BCUT2D eigenvalue weighted by molar-refractivity contribution is 14.1. The summed E-state index contributed by atoms with van der Waals surface area (Å²) in [5, 5.41) is 5.00. The van der Waals surface area contributed by atoms with Crippen molar-refractivity contribution < 1.29 is 14.3 Å². The van der Waals surface area contributed by atoms with Gasteiger partial charge in [-0.25, -0.2) is 4.79 Å². The highest BCUT2D eigenvalue weighted by Gasteiger charge is 2.26. The fourth-order valence-electron chi connectivity index (χ4n) is 3.82. The Morgan fingerprint density at radius 1 is 1.00 bits per heavy atom. The van der Waals surface area contributed by atoms with Crippen LogP contribution >= 0.6 is 30.8 Å². The van der Waals surface area contributed by atoms with Gasteiger partial charge in [-0.05, 0) is 41.1 Å². The summed E-state index contributed by atoms with van der Waals surface area (Å²) >= 11 is 2.21. The van der Waals surface area contributed by atoms with E-state index in [2.05, 4.69) is 37.5 Å². The van der Waals surface area contributed by atoms with E-state index in [0.717, 1.165) is 27.3 Å². The van der Waals surface area contributed by atoms with Gasteiger partial charge in [0.15, 0.2) is 0 Å². The number of carbonyl (C=O) groups is 2. The average molecular weight is 596 g/mol. The molecule has 0 aliphatic carbocycles. The molecule has 1 radical (unpaired) electrons. The Bertz CT molecular complexity index is 1280. The first kappa shape index (κ1) is 25.4. The van der Waals surface area contributed by atoms with Crippen LogP contribution in [0.25, 0.3) is 10.9 Å². The van der Waals surface area contributed by atoms with E-state index in [1.165, 1.54) is 0 Å². The van der Waals surface area contributed by atoms with E-state index in [1.807, 2.05) is 72.9 Å². The van der Waals surface area contributed by atoms with Gasteiger partial charge in [-0.1, -0.05) is 60.7 Å². The predicted octanol–water partition coefficient (Wildman–Crippen LogP) is 3.64. The molecule has 3 aromatic carbocycles. The van der Waals surface area contributed by atoms with Gasteiger partial charge < -0.3 is 20.8 Å². The van der Waals surface area contributed by atoms with Crippen LogP contribution in [-0.2, 0) is 22.4 Å². The lowest BCUT2D eigenvalue weighted by molar-refractivity contribution is -0.139. The SMILES string of the molecule is N[C@@H](Cc1c[nH]c2ccccc12)C(=O)N[C@@H](Cc1ccccc1)C(=O)Oc1ccc(P[B]I)cc1. The van der Waals surface area contributed by atoms with Gasteiger partial charge in [-0.2, -0.15) is 22.4 Å². The van der Waals surface area contributed by atoms with Crippen LogP contribution in [0.1, 0.15) is 11.1 Å². The Morgan fingerprint density at radius 2 is 1.71 bits per heavy atom. The molecular weight excluding hydrogens is 571 g/mol. The van der Waals surface area contributed by atoms with Crippen molar-refractivity contribution in [3.05, 3.63) is 96.2 Å². The minimum Gasteiger partial charge on any atom is -0.425 e. The molecule has 4 aromatic rings. The van der Waals surface area contributed by atoms with Crippen LogP contribution in [0.3, 0.4) is 0 Å². The summed E-state index contributed by atoms with van der Waals surface area (Å²) in [5.41, 5.74) is 9.11. The minimum absolute atomic E-state index is 0.300. The second-order valence-electron chi connectivity index (χ2n) is 8.12. The van der Waals surface area contributed by atoms with Gasteiger partial charge in [0, 0.05) is 23.5 Å². The molecular formula is C26H25BIN3O3P. The number of hydrogen-bond donors (Lipinski definition) is 3. The molecule has 1 amide bonds. The van der Waals surface area contributed by atoms with E-state index in [9.17, 15) is 9.59 Å². The number of esters is 1. The van der Waals surface area contributed by atoms with E-state index < -0.39 is 24.0 Å². The molecule has 177 valence electrons. The van der Waals surface area contributed by atoms with E-state index in [4.69, 9.17) is 10.5 Å². The molecule has 0 bridgehead atoms. The monoisotopic (exact) mass is 596 g/mol. The lowest BCUT2D eigenvalue weighted by atomic mass is 10.0. The first-order valence-corrected chi connectivity index (χ1v) is 13.5. The van der Waals surface area contributed by atoms with Gasteiger partial charge in [0.25, 0.3) is 0 Å². The molecule has 0 saturated carbocycles. The van der Waals surface area contributed by atoms with Crippen molar-refractivity contribution in [3.63, 3.8) is 0 Å². The summed E-state index contributed by atoms with van der Waals surface area (Å²) in [6.07, 6.45) is 2.51. The number of halogens is 1. The quantitative estimate of drug-likeness (QED) is 0.0857. The van der Waals surface area contributed by atoms with Gasteiger partial charge >= 0.3 is 5.97 Å². The summed E-state index contributed by atoms with van der Waals surface area (Å²) in [4.78, 5) is 31.4. The van der Waals surface area contributed by atoms with Gasteiger partial charge in [-0.15, -0.1) is 8.46 Å². The molecule has 3 atom stereocenters. The number of hydrogen-bond acceptors (Lipinski definition) is 4. The number of para-hydroxylation sites is 1. The third kappa shape index (κ3) is 6.93. The normalized spacial score (nSPS) is 13.0. The van der Waals surface area contributed by atoms with Crippen molar-refractivity contribution in [3.8, 4) is 5.75 Å². The number of carbonyl (C=O) groups excluding carboxylic acids is 2.